The van der Waals surface area contributed by atoms with E-state index in [1.54, 1.807) is 0 Å². The fourth-order valence-corrected chi connectivity index (χ4v) is 3.97. The van der Waals surface area contributed by atoms with E-state index < -0.39 is 0 Å². The van der Waals surface area contributed by atoms with Gasteiger partial charge in [-0.2, -0.15) is 0 Å². The lowest BCUT2D eigenvalue weighted by Crippen LogP contribution is -1.70. The smallest absolute Gasteiger partial charge is 0.0241 e. The van der Waals surface area contributed by atoms with E-state index in [0.717, 1.165) is 0 Å². The van der Waals surface area contributed by atoms with Gasteiger partial charge in [0, 0.05) is 0 Å². The van der Waals surface area contributed by atoms with Crippen LogP contribution in [0.3, 0.4) is 0 Å². The molecule has 0 aliphatic carbocycles. The molecule has 0 saturated heterocycles. The highest BCUT2D eigenvalue weighted by Gasteiger charge is 2.08. The molecule has 0 aromatic carbocycles. The van der Waals surface area contributed by atoms with Crippen LogP contribution in [-0.4, -0.2) is 31.3 Å². The summed E-state index contributed by atoms with van der Waals surface area (Å²) >= 11 is 0. The van der Waals surface area contributed by atoms with E-state index in [9.17, 15) is 0 Å². The quantitative estimate of drug-likeness (QED) is 0.539. The summed E-state index contributed by atoms with van der Waals surface area (Å²) in [6, 6.07) is 0. The molecule has 0 spiro atoms. The van der Waals surface area contributed by atoms with Crippen LogP contribution in [0.15, 0.2) is 0 Å². The van der Waals surface area contributed by atoms with Crippen molar-refractivity contribution in [3.63, 3.8) is 0 Å². The summed E-state index contributed by atoms with van der Waals surface area (Å²) in [5.41, 5.74) is 0. The Bertz CT molecular complexity index is 105. The first kappa shape index (κ1) is 8.34. The molecule has 0 aliphatic heterocycles. The fraction of sp³-hybridized carbons (Fsp3) is 0.667. The van der Waals surface area contributed by atoms with Crippen molar-refractivity contribution < 1.29 is 0 Å². The summed E-state index contributed by atoms with van der Waals surface area (Å²) in [6.07, 6.45) is 9.27. The van der Waals surface area contributed by atoms with Gasteiger partial charge in [-0.15, -0.1) is 0 Å². The van der Waals surface area contributed by atoms with Gasteiger partial charge < -0.3 is 0 Å². The SMILES string of the molecule is C=[P+](C)C[P+](=C)CC. The van der Waals surface area contributed by atoms with E-state index in [-0.39, 0.29) is 15.1 Å². The van der Waals surface area contributed by atoms with Crippen molar-refractivity contribution in [1.29, 1.82) is 0 Å². The Labute approximate surface area is 54.1 Å². The van der Waals surface area contributed by atoms with Gasteiger partial charge in [0.1, 0.15) is 21.3 Å². The van der Waals surface area contributed by atoms with Crippen LogP contribution in [-0.2, 0) is 0 Å². The molecule has 0 bridgehead atoms. The van der Waals surface area contributed by atoms with Crippen molar-refractivity contribution in [3.8, 4) is 0 Å². The standard InChI is InChI=1S/C6H14P2/c1-5-8(4)6-7(2)3/h2,4-6H2,1,3H3/q+2. The van der Waals surface area contributed by atoms with Crippen LogP contribution in [0, 0.1) is 0 Å². The maximum absolute atomic E-state index is 4.04. The largest absolute Gasteiger partial charge is 0.251 e. The molecule has 2 heteroatoms. The van der Waals surface area contributed by atoms with Crippen molar-refractivity contribution in [2.24, 2.45) is 0 Å². The Morgan fingerprint density at radius 1 is 1.38 bits per heavy atom. The lowest BCUT2D eigenvalue weighted by molar-refractivity contribution is 1.51. The Kier molecular flexibility index (Phi) is 4.42. The van der Waals surface area contributed by atoms with Gasteiger partial charge in [0.2, 0.25) is 0 Å². The van der Waals surface area contributed by atoms with Crippen molar-refractivity contribution in [2.75, 3.05) is 18.7 Å². The zero-order valence-corrected chi connectivity index (χ0v) is 7.51. The second kappa shape index (κ2) is 4.24. The Balaban J connectivity index is 3.40. The first-order chi connectivity index (χ1) is 3.66. The molecule has 0 aliphatic rings. The topological polar surface area (TPSA) is 0 Å². The maximum Gasteiger partial charge on any atom is 0.251 e. The maximum atomic E-state index is 4.04. The van der Waals surface area contributed by atoms with Crippen LogP contribution in [0.5, 0.6) is 0 Å². The lowest BCUT2D eigenvalue weighted by atomic mass is 11.0. The van der Waals surface area contributed by atoms with Gasteiger partial charge in [-0.05, 0) is 6.92 Å². The van der Waals surface area contributed by atoms with Gasteiger partial charge in [-0.1, -0.05) is 0 Å². The van der Waals surface area contributed by atoms with E-state index in [4.69, 9.17) is 0 Å². The summed E-state index contributed by atoms with van der Waals surface area (Å²) in [6.45, 7) is 4.42. The van der Waals surface area contributed by atoms with Gasteiger partial charge in [0.25, 0.3) is 5.90 Å². The van der Waals surface area contributed by atoms with Crippen molar-refractivity contribution >= 4 is 27.7 Å². The summed E-state index contributed by atoms with van der Waals surface area (Å²) in [5.74, 6) is 1.29. The van der Waals surface area contributed by atoms with Crippen molar-refractivity contribution in [1.82, 2.24) is 0 Å². The molecule has 2 unspecified atom stereocenters. The van der Waals surface area contributed by atoms with E-state index in [1.807, 2.05) is 0 Å². The normalized spacial score (nSPS) is 13.2. The third-order valence-electron chi connectivity index (χ3n) is 0.889. The molecule has 0 aromatic rings. The van der Waals surface area contributed by atoms with Gasteiger partial charge in [-0.3, -0.25) is 0 Å². The number of hydrogen-bond acceptors (Lipinski definition) is 0. The molecule has 0 fully saturated rings. The van der Waals surface area contributed by atoms with Crippen molar-refractivity contribution in [2.45, 2.75) is 6.92 Å². The minimum absolute atomic E-state index is 0.0706. The van der Waals surface area contributed by atoms with Gasteiger partial charge in [0.05, 0.1) is 19.3 Å². The molecular formula is C6H14P2+2. The summed E-state index contributed by atoms with van der Waals surface area (Å²) in [7, 11) is 0.169. The van der Waals surface area contributed by atoms with Crippen LogP contribution in [0.4, 0.5) is 0 Å². The highest BCUT2D eigenvalue weighted by atomic mass is 31.2. The molecule has 2 atom stereocenters. The van der Waals surface area contributed by atoms with Gasteiger partial charge >= 0.3 is 0 Å². The summed E-state index contributed by atoms with van der Waals surface area (Å²) < 4.78 is 0. The Morgan fingerprint density at radius 3 is 2.00 bits per heavy atom. The zero-order chi connectivity index (χ0) is 6.57. The zero-order valence-electron chi connectivity index (χ0n) is 5.72. The fourth-order valence-electron chi connectivity index (χ4n) is 0.441. The minimum atomic E-state index is 0.0706. The molecule has 0 aromatic heterocycles. The first-order valence-corrected chi connectivity index (χ1v) is 6.79. The second-order valence-corrected chi connectivity index (χ2v) is 6.80. The molecule has 0 rings (SSSR count). The summed E-state index contributed by atoms with van der Waals surface area (Å²) in [5, 5.41) is 0. The van der Waals surface area contributed by atoms with E-state index >= 15 is 0 Å². The third-order valence-corrected chi connectivity index (χ3v) is 5.31. The molecule has 0 heterocycles. The number of rotatable bonds is 3. The van der Waals surface area contributed by atoms with Crippen LogP contribution < -0.4 is 0 Å². The van der Waals surface area contributed by atoms with E-state index in [1.165, 1.54) is 12.1 Å². The molecule has 46 valence electrons. The van der Waals surface area contributed by atoms with Crippen LogP contribution in [0.2, 0.25) is 0 Å². The lowest BCUT2D eigenvalue weighted by Gasteiger charge is -1.78. The molecule has 0 saturated carbocycles. The first-order valence-electron chi connectivity index (χ1n) is 2.74. The predicted molar refractivity (Wildman–Crippen MR) is 49.4 cm³/mol. The molecule has 0 N–H and O–H groups in total. The highest BCUT2D eigenvalue weighted by Crippen LogP contribution is 2.30. The number of hydrogen-bond donors (Lipinski definition) is 0. The second-order valence-electron chi connectivity index (χ2n) is 1.98. The molecular weight excluding hydrogens is 134 g/mol. The molecule has 8 heavy (non-hydrogen) atoms. The molecule has 0 radical (unpaired) electrons. The van der Waals surface area contributed by atoms with E-state index in [2.05, 4.69) is 26.2 Å². The average molecular weight is 148 g/mol. The van der Waals surface area contributed by atoms with Crippen LogP contribution in [0.25, 0.3) is 0 Å². The van der Waals surface area contributed by atoms with Gasteiger partial charge in [0.15, 0.2) is 0 Å². The average Bonchev–Trinajstić information content (AvgIpc) is 1.65. The molecule has 0 nitrogen and oxygen atoms in total. The Morgan fingerprint density at radius 2 is 1.88 bits per heavy atom. The molecule has 0 amide bonds. The third kappa shape index (κ3) is 4.50. The van der Waals surface area contributed by atoms with Crippen LogP contribution in [0.1, 0.15) is 6.92 Å². The summed E-state index contributed by atoms with van der Waals surface area (Å²) in [4.78, 5) is 0. The predicted octanol–water partition coefficient (Wildman–Crippen LogP) is 2.42. The van der Waals surface area contributed by atoms with E-state index in [0.29, 0.717) is 0 Å². The van der Waals surface area contributed by atoms with Crippen LogP contribution >= 0.6 is 15.1 Å². The van der Waals surface area contributed by atoms with Gasteiger partial charge in [-0.25, -0.2) is 0 Å². The van der Waals surface area contributed by atoms with Crippen molar-refractivity contribution in [3.05, 3.63) is 0 Å². The minimum Gasteiger partial charge on any atom is -0.0241 e. The monoisotopic (exact) mass is 148 g/mol. The Hall–Kier alpha value is 0.340. The highest BCUT2D eigenvalue weighted by molar-refractivity contribution is 7.72.